The van der Waals surface area contributed by atoms with Crippen molar-refractivity contribution in [1.82, 2.24) is 5.32 Å². The minimum Gasteiger partial charge on any atom is -0.459 e. The molecule has 0 saturated heterocycles. The molecule has 0 aromatic carbocycles. The lowest BCUT2D eigenvalue weighted by Crippen LogP contribution is -2.48. The van der Waals surface area contributed by atoms with E-state index in [1.165, 1.54) is 0 Å². The number of nitrogens with two attached hydrogens (primary N) is 2. The van der Waals surface area contributed by atoms with Gasteiger partial charge in [-0.15, -0.1) is 0 Å². The summed E-state index contributed by atoms with van der Waals surface area (Å²) in [5.74, 6) is 4.58. The van der Waals surface area contributed by atoms with Gasteiger partial charge in [0.05, 0.1) is 12.8 Å². The van der Waals surface area contributed by atoms with Crippen molar-refractivity contribution in [3.05, 3.63) is 0 Å². The predicted molar refractivity (Wildman–Crippen MR) is 61.2 cm³/mol. The van der Waals surface area contributed by atoms with Crippen LogP contribution in [-0.2, 0) is 14.4 Å². The van der Waals surface area contributed by atoms with E-state index in [9.17, 15) is 4.79 Å². The summed E-state index contributed by atoms with van der Waals surface area (Å²) in [5, 5.41) is 2.90. The predicted octanol–water partition coefficient (Wildman–Crippen LogP) is -0.129. The highest BCUT2D eigenvalue weighted by Gasteiger charge is 2.25. The Hall–Kier alpha value is -0.690. The zero-order valence-corrected chi connectivity index (χ0v) is 10.4. The van der Waals surface area contributed by atoms with Crippen LogP contribution in [0.15, 0.2) is 0 Å². The molecule has 0 aliphatic carbocycles. The van der Waals surface area contributed by atoms with Crippen molar-refractivity contribution in [2.75, 3.05) is 6.61 Å². The Labute approximate surface area is 96.6 Å². The molecular weight excluding hydrogens is 210 g/mol. The second kappa shape index (κ2) is 6.80. The van der Waals surface area contributed by atoms with Crippen molar-refractivity contribution >= 4 is 5.97 Å². The minimum atomic E-state index is -0.515. The van der Waals surface area contributed by atoms with Crippen molar-refractivity contribution < 1.29 is 14.4 Å². The fourth-order valence-corrected chi connectivity index (χ4v) is 1.15. The maximum absolute atomic E-state index is 11.8. The number of carbonyl (C=O) groups is 1. The van der Waals surface area contributed by atoms with Crippen molar-refractivity contribution in [2.45, 2.75) is 51.9 Å². The summed E-state index contributed by atoms with van der Waals surface area (Å²) in [4.78, 5) is 16.2. The molecule has 96 valence electrons. The van der Waals surface area contributed by atoms with Gasteiger partial charge in [-0.25, -0.2) is 5.90 Å². The maximum Gasteiger partial charge on any atom is 0.323 e. The Morgan fingerprint density at radius 1 is 1.44 bits per heavy atom. The summed E-state index contributed by atoms with van der Waals surface area (Å²) < 4.78 is 5.24. The largest absolute Gasteiger partial charge is 0.459 e. The second-order valence-electron chi connectivity index (χ2n) is 4.70. The van der Waals surface area contributed by atoms with E-state index in [0.29, 0.717) is 6.42 Å². The van der Waals surface area contributed by atoms with E-state index in [4.69, 9.17) is 16.4 Å². The van der Waals surface area contributed by atoms with Crippen LogP contribution in [0.25, 0.3) is 0 Å². The van der Waals surface area contributed by atoms with E-state index in [0.717, 1.165) is 0 Å². The van der Waals surface area contributed by atoms with Gasteiger partial charge in [-0.1, -0.05) is 0 Å². The van der Waals surface area contributed by atoms with Gasteiger partial charge in [0.25, 0.3) is 0 Å². The van der Waals surface area contributed by atoms with Gasteiger partial charge in [-0.3, -0.25) is 10.1 Å². The number of esters is 1. The average molecular weight is 233 g/mol. The SMILES string of the molecule is CC(N)NC(CCON)C(=O)OC(C)(C)C. The Kier molecular flexibility index (Phi) is 6.51. The first-order valence-electron chi connectivity index (χ1n) is 5.32. The van der Waals surface area contributed by atoms with Crippen LogP contribution in [0, 0.1) is 0 Å². The first kappa shape index (κ1) is 15.3. The van der Waals surface area contributed by atoms with Crippen LogP contribution < -0.4 is 16.9 Å². The Morgan fingerprint density at radius 2 is 2.00 bits per heavy atom. The van der Waals surface area contributed by atoms with Gasteiger partial charge in [0.2, 0.25) is 0 Å². The van der Waals surface area contributed by atoms with Gasteiger partial charge < -0.3 is 15.3 Å². The van der Waals surface area contributed by atoms with E-state index < -0.39 is 11.6 Å². The van der Waals surface area contributed by atoms with E-state index in [1.807, 2.05) is 20.8 Å². The molecule has 0 saturated carbocycles. The molecule has 0 bridgehead atoms. The maximum atomic E-state index is 11.8. The third-order valence-electron chi connectivity index (χ3n) is 1.68. The second-order valence-corrected chi connectivity index (χ2v) is 4.70. The molecule has 0 fully saturated rings. The Balaban J connectivity index is 4.31. The highest BCUT2D eigenvalue weighted by molar-refractivity contribution is 5.76. The molecule has 6 nitrogen and oxygen atoms in total. The highest BCUT2D eigenvalue weighted by atomic mass is 16.6. The zero-order valence-electron chi connectivity index (χ0n) is 10.4. The minimum absolute atomic E-state index is 0.267. The molecule has 0 heterocycles. The van der Waals surface area contributed by atoms with Crippen LogP contribution in [0.3, 0.4) is 0 Å². The first-order chi connectivity index (χ1) is 7.26. The third kappa shape index (κ3) is 7.58. The van der Waals surface area contributed by atoms with E-state index in [-0.39, 0.29) is 18.7 Å². The van der Waals surface area contributed by atoms with Crippen molar-refractivity contribution in [2.24, 2.45) is 11.6 Å². The molecule has 16 heavy (non-hydrogen) atoms. The van der Waals surface area contributed by atoms with Crippen LogP contribution in [0.4, 0.5) is 0 Å². The molecule has 0 rings (SSSR count). The van der Waals surface area contributed by atoms with Gasteiger partial charge in [-0.2, -0.15) is 0 Å². The van der Waals surface area contributed by atoms with Gasteiger partial charge in [0.15, 0.2) is 0 Å². The monoisotopic (exact) mass is 233 g/mol. The third-order valence-corrected chi connectivity index (χ3v) is 1.68. The molecule has 0 radical (unpaired) electrons. The average Bonchev–Trinajstić information content (AvgIpc) is 2.08. The van der Waals surface area contributed by atoms with Gasteiger partial charge in [0, 0.05) is 0 Å². The highest BCUT2D eigenvalue weighted by Crippen LogP contribution is 2.09. The molecule has 0 aromatic heterocycles. The number of carbonyl (C=O) groups excluding carboxylic acids is 1. The summed E-state index contributed by atoms with van der Waals surface area (Å²) in [6, 6.07) is -0.497. The van der Waals surface area contributed by atoms with E-state index in [1.54, 1.807) is 6.92 Å². The molecule has 0 aliphatic rings. The summed E-state index contributed by atoms with van der Waals surface area (Å²) in [6.45, 7) is 7.46. The first-order valence-corrected chi connectivity index (χ1v) is 5.32. The number of nitrogens with one attached hydrogen (secondary N) is 1. The molecule has 6 heteroatoms. The van der Waals surface area contributed by atoms with Crippen LogP contribution >= 0.6 is 0 Å². The fraction of sp³-hybridized carbons (Fsp3) is 0.900. The summed E-state index contributed by atoms with van der Waals surface area (Å²) in [7, 11) is 0. The zero-order chi connectivity index (χ0) is 12.8. The molecule has 0 spiro atoms. The van der Waals surface area contributed by atoms with Crippen LogP contribution in [-0.4, -0.2) is 30.4 Å². The van der Waals surface area contributed by atoms with Crippen LogP contribution in [0.5, 0.6) is 0 Å². The van der Waals surface area contributed by atoms with E-state index >= 15 is 0 Å². The summed E-state index contributed by atoms with van der Waals surface area (Å²) in [5.41, 5.74) is 5.06. The molecule has 5 N–H and O–H groups in total. The summed E-state index contributed by atoms with van der Waals surface area (Å²) >= 11 is 0. The lowest BCUT2D eigenvalue weighted by molar-refractivity contribution is -0.158. The summed E-state index contributed by atoms with van der Waals surface area (Å²) in [6.07, 6.45) is 0.128. The van der Waals surface area contributed by atoms with Crippen molar-refractivity contribution in [3.63, 3.8) is 0 Å². The van der Waals surface area contributed by atoms with Gasteiger partial charge in [-0.05, 0) is 34.1 Å². The normalized spacial score (nSPS) is 15.6. The molecular formula is C10H23N3O3. The fourth-order valence-electron chi connectivity index (χ4n) is 1.15. The van der Waals surface area contributed by atoms with Gasteiger partial charge in [0.1, 0.15) is 11.6 Å². The lowest BCUT2D eigenvalue weighted by Gasteiger charge is -2.25. The van der Waals surface area contributed by atoms with Crippen LogP contribution in [0.2, 0.25) is 0 Å². The molecule has 0 aromatic rings. The smallest absolute Gasteiger partial charge is 0.323 e. The number of hydrogen-bond acceptors (Lipinski definition) is 6. The Bertz CT molecular complexity index is 214. The van der Waals surface area contributed by atoms with E-state index in [2.05, 4.69) is 10.2 Å². The van der Waals surface area contributed by atoms with Gasteiger partial charge >= 0.3 is 5.97 Å². The molecule has 0 aliphatic heterocycles. The van der Waals surface area contributed by atoms with Crippen molar-refractivity contribution in [1.29, 1.82) is 0 Å². The topological polar surface area (TPSA) is 99.6 Å². The standard InChI is InChI=1S/C10H23N3O3/c1-7(11)13-8(5-6-15-12)9(14)16-10(2,3)4/h7-8,13H,5-6,11-12H2,1-4H3. The molecule has 0 amide bonds. The number of rotatable bonds is 6. The lowest BCUT2D eigenvalue weighted by atomic mass is 10.1. The van der Waals surface area contributed by atoms with Crippen molar-refractivity contribution in [3.8, 4) is 0 Å². The quantitative estimate of drug-likeness (QED) is 0.336. The Morgan fingerprint density at radius 3 is 2.38 bits per heavy atom. The molecule has 2 atom stereocenters. The number of hydrogen-bond donors (Lipinski definition) is 3. The van der Waals surface area contributed by atoms with Crippen LogP contribution in [0.1, 0.15) is 34.1 Å². The number of ether oxygens (including phenoxy) is 1. The molecule has 2 unspecified atom stereocenters.